The molecule has 1 saturated heterocycles. The first-order valence-electron chi connectivity index (χ1n) is 6.50. The van der Waals surface area contributed by atoms with E-state index in [0.717, 1.165) is 13.1 Å². The van der Waals surface area contributed by atoms with Crippen LogP contribution < -0.4 is 5.32 Å². The van der Waals surface area contributed by atoms with Crippen molar-refractivity contribution in [1.82, 2.24) is 10.2 Å². The van der Waals surface area contributed by atoms with Gasteiger partial charge in [0.1, 0.15) is 0 Å². The molecule has 2 rings (SSSR count). The van der Waals surface area contributed by atoms with Crippen molar-refractivity contribution < 1.29 is 0 Å². The van der Waals surface area contributed by atoms with Gasteiger partial charge in [0.2, 0.25) is 0 Å². The molecule has 1 aromatic heterocycles. The lowest BCUT2D eigenvalue weighted by Gasteiger charge is -2.26. The maximum atomic E-state index is 3.52. The first kappa shape index (κ1) is 13.5. The van der Waals surface area contributed by atoms with Crippen LogP contribution in [0, 0.1) is 0 Å². The Morgan fingerprint density at radius 3 is 2.82 bits per heavy atom. The van der Waals surface area contributed by atoms with E-state index >= 15 is 0 Å². The van der Waals surface area contributed by atoms with Crippen molar-refractivity contribution in [3.63, 3.8) is 0 Å². The molecule has 1 aliphatic rings. The minimum absolute atomic E-state index is 1.01. The number of piperidine rings is 1. The summed E-state index contributed by atoms with van der Waals surface area (Å²) in [6, 6.07) is 2.20. The fraction of sp³-hybridized carbons (Fsp3) is 0.692. The summed E-state index contributed by atoms with van der Waals surface area (Å²) in [6.07, 6.45) is 5.50. The van der Waals surface area contributed by atoms with Crippen molar-refractivity contribution in [2.24, 2.45) is 0 Å². The summed E-state index contributed by atoms with van der Waals surface area (Å²) in [7, 11) is 0. The summed E-state index contributed by atoms with van der Waals surface area (Å²) in [6.45, 7) is 6.04. The van der Waals surface area contributed by atoms with Gasteiger partial charge in [0.15, 0.2) is 0 Å². The predicted molar refractivity (Wildman–Crippen MR) is 78.6 cm³/mol. The number of halogens is 1. The highest BCUT2D eigenvalue weighted by Crippen LogP contribution is 2.19. The summed E-state index contributed by atoms with van der Waals surface area (Å²) in [5.41, 5.74) is 0. The number of hydrogen-bond acceptors (Lipinski definition) is 3. The molecule has 0 amide bonds. The van der Waals surface area contributed by atoms with Gasteiger partial charge in [-0.05, 0) is 67.4 Å². The highest BCUT2D eigenvalue weighted by atomic mass is 79.9. The number of hydrogen-bond donors (Lipinski definition) is 1. The van der Waals surface area contributed by atoms with Crippen molar-refractivity contribution in [1.29, 1.82) is 0 Å². The molecule has 1 N–H and O–H groups in total. The molecule has 0 bridgehead atoms. The van der Waals surface area contributed by atoms with Gasteiger partial charge < -0.3 is 10.2 Å². The number of thiophene rings is 1. The highest BCUT2D eigenvalue weighted by molar-refractivity contribution is 9.10. The number of nitrogens with one attached hydrogen (secondary N) is 1. The Morgan fingerprint density at radius 1 is 1.29 bits per heavy atom. The van der Waals surface area contributed by atoms with Gasteiger partial charge in [-0.1, -0.05) is 6.42 Å². The zero-order valence-corrected chi connectivity index (χ0v) is 12.7. The summed E-state index contributed by atoms with van der Waals surface area (Å²) in [5.74, 6) is 0. The largest absolute Gasteiger partial charge is 0.312 e. The Kier molecular flexibility index (Phi) is 5.98. The standard InChI is InChI=1S/C13H21BrN2S/c14-12-9-13(17-11-12)10-15-5-4-8-16-6-2-1-3-7-16/h9,11,15H,1-8,10H2. The first-order chi connectivity index (χ1) is 8.34. The van der Waals surface area contributed by atoms with Crippen LogP contribution >= 0.6 is 27.3 Å². The molecule has 0 aliphatic carbocycles. The normalized spacial score (nSPS) is 17.5. The molecule has 2 nitrogen and oxygen atoms in total. The van der Waals surface area contributed by atoms with E-state index in [1.807, 2.05) is 11.3 Å². The van der Waals surface area contributed by atoms with Gasteiger partial charge in [0.25, 0.3) is 0 Å². The van der Waals surface area contributed by atoms with Gasteiger partial charge in [-0.15, -0.1) is 11.3 Å². The minimum Gasteiger partial charge on any atom is -0.312 e. The quantitative estimate of drug-likeness (QED) is 0.808. The maximum absolute atomic E-state index is 3.52. The zero-order chi connectivity index (χ0) is 11.9. The van der Waals surface area contributed by atoms with Crippen molar-refractivity contribution in [3.05, 3.63) is 20.8 Å². The van der Waals surface area contributed by atoms with Gasteiger partial charge in [-0.3, -0.25) is 0 Å². The van der Waals surface area contributed by atoms with Crippen LogP contribution in [0.1, 0.15) is 30.6 Å². The molecule has 0 unspecified atom stereocenters. The Balaban J connectivity index is 1.51. The summed E-state index contributed by atoms with van der Waals surface area (Å²) < 4.78 is 1.20. The Hall–Kier alpha value is 0.1000. The SMILES string of the molecule is Brc1csc(CNCCCN2CCCCC2)c1. The molecule has 1 aromatic rings. The molecular formula is C13H21BrN2S. The van der Waals surface area contributed by atoms with Gasteiger partial charge in [0, 0.05) is 21.3 Å². The zero-order valence-electron chi connectivity index (χ0n) is 10.3. The Morgan fingerprint density at radius 2 is 2.12 bits per heavy atom. The number of likely N-dealkylation sites (tertiary alicyclic amines) is 1. The second-order valence-electron chi connectivity index (χ2n) is 4.66. The molecule has 0 saturated carbocycles. The predicted octanol–water partition coefficient (Wildman–Crippen LogP) is 3.48. The average Bonchev–Trinajstić information content (AvgIpc) is 2.76. The summed E-state index contributed by atoms with van der Waals surface area (Å²) in [5, 5.41) is 5.66. The molecule has 0 spiro atoms. The van der Waals surface area contributed by atoms with Gasteiger partial charge in [-0.25, -0.2) is 0 Å². The lowest BCUT2D eigenvalue weighted by atomic mass is 10.1. The van der Waals surface area contributed by atoms with Crippen LogP contribution in [0.15, 0.2) is 15.9 Å². The fourth-order valence-electron chi connectivity index (χ4n) is 2.27. The summed E-state index contributed by atoms with van der Waals surface area (Å²) >= 11 is 5.30. The van der Waals surface area contributed by atoms with E-state index in [9.17, 15) is 0 Å². The fourth-order valence-corrected chi connectivity index (χ4v) is 3.69. The molecule has 0 aromatic carbocycles. The van der Waals surface area contributed by atoms with Crippen LogP contribution in [0.25, 0.3) is 0 Å². The van der Waals surface area contributed by atoms with Crippen molar-refractivity contribution in [2.45, 2.75) is 32.2 Å². The van der Waals surface area contributed by atoms with Crippen molar-refractivity contribution >= 4 is 27.3 Å². The van der Waals surface area contributed by atoms with Crippen LogP contribution in [-0.2, 0) is 6.54 Å². The molecule has 4 heteroatoms. The van der Waals surface area contributed by atoms with Crippen LogP contribution in [0.3, 0.4) is 0 Å². The molecule has 2 heterocycles. The van der Waals surface area contributed by atoms with E-state index in [4.69, 9.17) is 0 Å². The molecule has 1 aliphatic heterocycles. The van der Waals surface area contributed by atoms with Gasteiger partial charge in [-0.2, -0.15) is 0 Å². The highest BCUT2D eigenvalue weighted by Gasteiger charge is 2.08. The molecule has 0 radical (unpaired) electrons. The van der Waals surface area contributed by atoms with Crippen LogP contribution in [-0.4, -0.2) is 31.1 Å². The van der Waals surface area contributed by atoms with E-state index < -0.39 is 0 Å². The Labute approximate surface area is 117 Å². The minimum atomic E-state index is 1.01. The van der Waals surface area contributed by atoms with E-state index in [1.165, 1.54) is 54.7 Å². The maximum Gasteiger partial charge on any atom is 0.0300 e. The van der Waals surface area contributed by atoms with E-state index in [1.54, 1.807) is 0 Å². The van der Waals surface area contributed by atoms with Crippen molar-refractivity contribution in [3.8, 4) is 0 Å². The second kappa shape index (κ2) is 7.52. The lowest BCUT2D eigenvalue weighted by Crippen LogP contribution is -2.32. The number of nitrogens with zero attached hydrogens (tertiary/aromatic N) is 1. The van der Waals surface area contributed by atoms with E-state index in [0.29, 0.717) is 0 Å². The molecule has 17 heavy (non-hydrogen) atoms. The van der Waals surface area contributed by atoms with Crippen molar-refractivity contribution in [2.75, 3.05) is 26.2 Å². The van der Waals surface area contributed by atoms with Crippen LogP contribution in [0.4, 0.5) is 0 Å². The topological polar surface area (TPSA) is 15.3 Å². The lowest BCUT2D eigenvalue weighted by molar-refractivity contribution is 0.226. The second-order valence-corrected chi connectivity index (χ2v) is 6.58. The third kappa shape index (κ3) is 5.08. The molecule has 96 valence electrons. The molecule has 0 atom stereocenters. The first-order valence-corrected chi connectivity index (χ1v) is 8.18. The smallest absolute Gasteiger partial charge is 0.0300 e. The van der Waals surface area contributed by atoms with E-state index in [2.05, 4.69) is 37.6 Å². The van der Waals surface area contributed by atoms with Crippen LogP contribution in [0.5, 0.6) is 0 Å². The summed E-state index contributed by atoms with van der Waals surface area (Å²) in [4.78, 5) is 4.02. The molecule has 1 fully saturated rings. The van der Waals surface area contributed by atoms with E-state index in [-0.39, 0.29) is 0 Å². The van der Waals surface area contributed by atoms with Gasteiger partial charge >= 0.3 is 0 Å². The average molecular weight is 317 g/mol. The molecular weight excluding hydrogens is 296 g/mol. The Bertz CT molecular complexity index is 321. The third-order valence-corrected chi connectivity index (χ3v) is 4.90. The number of rotatable bonds is 6. The third-order valence-electron chi connectivity index (χ3n) is 3.20. The van der Waals surface area contributed by atoms with Gasteiger partial charge in [0.05, 0.1) is 0 Å². The van der Waals surface area contributed by atoms with Crippen LogP contribution in [0.2, 0.25) is 0 Å². The monoisotopic (exact) mass is 316 g/mol.